The van der Waals surface area contributed by atoms with Crippen molar-refractivity contribution >= 4 is 11.8 Å². The van der Waals surface area contributed by atoms with Crippen LogP contribution < -0.4 is 28.1 Å². The highest BCUT2D eigenvalue weighted by molar-refractivity contribution is 5.79. The van der Waals surface area contributed by atoms with E-state index in [1.807, 2.05) is 18.2 Å². The number of aromatic nitrogens is 2. The van der Waals surface area contributed by atoms with E-state index in [0.29, 0.717) is 11.4 Å². The van der Waals surface area contributed by atoms with Gasteiger partial charge in [-0.15, -0.1) is 0 Å². The lowest BCUT2D eigenvalue weighted by Gasteiger charge is -2.20. The summed E-state index contributed by atoms with van der Waals surface area (Å²) in [5, 5.41) is 0. The van der Waals surface area contributed by atoms with Gasteiger partial charge in [0.05, 0.1) is 5.69 Å². The number of rotatable bonds is 2. The van der Waals surface area contributed by atoms with Crippen LogP contribution in [0.2, 0.25) is 0 Å². The molecule has 1 aliphatic heterocycles. The Labute approximate surface area is 115 Å². The minimum atomic E-state index is -1.10. The zero-order chi connectivity index (χ0) is 14.2. The second kappa shape index (κ2) is 4.44. The van der Waals surface area contributed by atoms with Crippen LogP contribution in [0.3, 0.4) is 0 Å². The van der Waals surface area contributed by atoms with Gasteiger partial charge in [-0.3, -0.25) is 16.1 Å². The molecule has 3 rings (SSSR count). The molecule has 2 aromatic heterocycles. The molecule has 1 unspecified atom stereocenters. The number of nitrogen functional groups attached to an aromatic ring is 1. The lowest BCUT2D eigenvalue weighted by molar-refractivity contribution is 0.374. The quantitative estimate of drug-likeness (QED) is 0.482. The number of hydrazine groups is 1. The van der Waals surface area contributed by atoms with Crippen LogP contribution in [0, 0.1) is 0 Å². The summed E-state index contributed by atoms with van der Waals surface area (Å²) in [5.74, 6) is -0.397. The number of hydrogen-bond donors (Lipinski definition) is 5. The van der Waals surface area contributed by atoms with E-state index in [9.17, 15) is 0 Å². The van der Waals surface area contributed by atoms with E-state index >= 15 is 0 Å². The van der Waals surface area contributed by atoms with Crippen LogP contribution in [0.15, 0.2) is 41.7 Å². The molecule has 0 saturated carbocycles. The Morgan fingerprint density at radius 3 is 2.40 bits per heavy atom. The predicted molar refractivity (Wildman–Crippen MR) is 75.6 cm³/mol. The molecule has 8 nitrogen and oxygen atoms in total. The average molecular weight is 270 g/mol. The Bertz CT molecular complexity index is 648. The van der Waals surface area contributed by atoms with Crippen LogP contribution in [0.5, 0.6) is 0 Å². The highest BCUT2D eigenvalue weighted by atomic mass is 15.6. The summed E-state index contributed by atoms with van der Waals surface area (Å²) in [6, 6.07) is 7.25. The topological polar surface area (TPSA) is 140 Å². The maximum Gasteiger partial charge on any atom is 0.210 e. The smallest absolute Gasteiger partial charge is 0.210 e. The summed E-state index contributed by atoms with van der Waals surface area (Å²) in [6.07, 6.45) is 3.31. The van der Waals surface area contributed by atoms with E-state index in [0.717, 1.165) is 11.3 Å². The molecule has 0 bridgehead atoms. The standard InChI is InChI=1S/C12H14N8/c13-10-4-1-7(5-17-10)9-3-2-8(6-16-9)12(15)18-11(14)19-20-12/h1-6,20H,15H2,(H2,13,17)(H3,14,18,19). The molecular weight excluding hydrogens is 256 g/mol. The van der Waals surface area contributed by atoms with Crippen LogP contribution in [-0.4, -0.2) is 15.9 Å². The van der Waals surface area contributed by atoms with E-state index in [1.54, 1.807) is 18.5 Å². The fraction of sp³-hybridized carbons (Fsp3) is 0.0833. The fourth-order valence-corrected chi connectivity index (χ4v) is 1.89. The molecule has 0 fully saturated rings. The molecule has 1 atom stereocenters. The maximum atomic E-state index is 6.07. The second-order valence-corrected chi connectivity index (χ2v) is 4.42. The summed E-state index contributed by atoms with van der Waals surface area (Å²) >= 11 is 0. The summed E-state index contributed by atoms with van der Waals surface area (Å²) in [5.41, 5.74) is 25.0. The predicted octanol–water partition coefficient (Wildman–Crippen LogP) is -0.783. The van der Waals surface area contributed by atoms with Crippen molar-refractivity contribution in [2.24, 2.45) is 16.5 Å². The van der Waals surface area contributed by atoms with Gasteiger partial charge in [-0.25, -0.2) is 9.98 Å². The fourth-order valence-electron chi connectivity index (χ4n) is 1.89. The summed E-state index contributed by atoms with van der Waals surface area (Å²) in [7, 11) is 0. The number of nitrogens with one attached hydrogen (secondary N) is 2. The zero-order valence-electron chi connectivity index (χ0n) is 10.5. The van der Waals surface area contributed by atoms with Gasteiger partial charge in [0.15, 0.2) is 0 Å². The molecule has 3 heterocycles. The molecule has 8 N–H and O–H groups in total. The third-order valence-corrected chi connectivity index (χ3v) is 2.96. The molecule has 0 radical (unpaired) electrons. The molecule has 102 valence electrons. The number of hydrogen-bond acceptors (Lipinski definition) is 8. The molecule has 0 saturated heterocycles. The van der Waals surface area contributed by atoms with Crippen LogP contribution in [0.25, 0.3) is 11.3 Å². The Morgan fingerprint density at radius 1 is 1.00 bits per heavy atom. The molecule has 0 aromatic carbocycles. The van der Waals surface area contributed by atoms with Gasteiger partial charge in [0.1, 0.15) is 5.82 Å². The first-order valence-electron chi connectivity index (χ1n) is 5.93. The van der Waals surface area contributed by atoms with Crippen molar-refractivity contribution in [1.82, 2.24) is 20.8 Å². The van der Waals surface area contributed by atoms with Crippen molar-refractivity contribution < 1.29 is 0 Å². The molecule has 1 aliphatic rings. The Hall–Kier alpha value is -2.71. The number of nitrogens with two attached hydrogens (primary N) is 3. The molecule has 0 aliphatic carbocycles. The molecule has 20 heavy (non-hydrogen) atoms. The Morgan fingerprint density at radius 2 is 1.85 bits per heavy atom. The van der Waals surface area contributed by atoms with Crippen molar-refractivity contribution in [3.8, 4) is 11.3 Å². The lowest BCUT2D eigenvalue weighted by atomic mass is 10.1. The van der Waals surface area contributed by atoms with Gasteiger partial charge < -0.3 is 11.5 Å². The number of aliphatic imine (C=N–C) groups is 1. The Kier molecular flexibility index (Phi) is 2.74. The zero-order valence-corrected chi connectivity index (χ0v) is 10.5. The van der Waals surface area contributed by atoms with Crippen LogP contribution in [-0.2, 0) is 5.79 Å². The number of anilines is 1. The number of pyridine rings is 2. The summed E-state index contributed by atoms with van der Waals surface area (Å²) in [4.78, 5) is 12.5. The minimum absolute atomic E-state index is 0.235. The molecule has 0 amide bonds. The Balaban J connectivity index is 1.90. The highest BCUT2D eigenvalue weighted by Crippen LogP contribution is 2.21. The first kappa shape index (κ1) is 12.3. The number of nitrogens with zero attached hydrogens (tertiary/aromatic N) is 3. The first-order chi connectivity index (χ1) is 9.57. The van der Waals surface area contributed by atoms with Gasteiger partial charge in [0.25, 0.3) is 0 Å². The average Bonchev–Trinajstić information content (AvgIpc) is 2.81. The monoisotopic (exact) mass is 270 g/mol. The first-order valence-corrected chi connectivity index (χ1v) is 5.93. The largest absolute Gasteiger partial charge is 0.384 e. The van der Waals surface area contributed by atoms with E-state index in [-0.39, 0.29) is 5.96 Å². The molecule has 2 aromatic rings. The van der Waals surface area contributed by atoms with Crippen molar-refractivity contribution in [1.29, 1.82) is 0 Å². The lowest BCUT2D eigenvalue weighted by Crippen LogP contribution is -2.50. The second-order valence-electron chi connectivity index (χ2n) is 4.42. The van der Waals surface area contributed by atoms with Crippen LogP contribution in [0.1, 0.15) is 5.56 Å². The van der Waals surface area contributed by atoms with Crippen molar-refractivity contribution in [2.45, 2.75) is 5.79 Å². The SMILES string of the molecule is NC1=NC(N)(c2ccc(-c3ccc(N)nc3)nc2)NN1. The molecule has 8 heteroatoms. The number of guanidine groups is 1. The van der Waals surface area contributed by atoms with E-state index in [2.05, 4.69) is 25.8 Å². The van der Waals surface area contributed by atoms with Crippen molar-refractivity contribution in [3.63, 3.8) is 0 Å². The van der Waals surface area contributed by atoms with E-state index in [4.69, 9.17) is 17.2 Å². The third-order valence-electron chi connectivity index (χ3n) is 2.96. The summed E-state index contributed by atoms with van der Waals surface area (Å²) in [6.45, 7) is 0. The van der Waals surface area contributed by atoms with Crippen LogP contribution >= 0.6 is 0 Å². The normalized spacial score (nSPS) is 21.4. The molecular formula is C12H14N8. The molecule has 0 spiro atoms. The maximum absolute atomic E-state index is 6.07. The van der Waals surface area contributed by atoms with Gasteiger partial charge in [-0.2, -0.15) is 5.43 Å². The summed E-state index contributed by atoms with van der Waals surface area (Å²) < 4.78 is 0. The van der Waals surface area contributed by atoms with E-state index in [1.165, 1.54) is 0 Å². The van der Waals surface area contributed by atoms with Crippen LogP contribution in [0.4, 0.5) is 5.82 Å². The van der Waals surface area contributed by atoms with Crippen molar-refractivity contribution in [3.05, 3.63) is 42.2 Å². The van der Waals surface area contributed by atoms with E-state index < -0.39 is 5.79 Å². The minimum Gasteiger partial charge on any atom is -0.384 e. The van der Waals surface area contributed by atoms with Gasteiger partial charge in [0.2, 0.25) is 11.7 Å². The van der Waals surface area contributed by atoms with Gasteiger partial charge in [0, 0.05) is 23.5 Å². The van der Waals surface area contributed by atoms with Gasteiger partial charge in [-0.05, 0) is 18.2 Å². The highest BCUT2D eigenvalue weighted by Gasteiger charge is 2.31. The van der Waals surface area contributed by atoms with Gasteiger partial charge >= 0.3 is 0 Å². The van der Waals surface area contributed by atoms with Crippen molar-refractivity contribution in [2.75, 3.05) is 5.73 Å². The van der Waals surface area contributed by atoms with Gasteiger partial charge in [-0.1, -0.05) is 6.07 Å². The third kappa shape index (κ3) is 2.13.